The monoisotopic (exact) mass is 362 g/mol. The van der Waals surface area contributed by atoms with E-state index in [1.165, 1.54) is 11.1 Å². The number of amides is 2. The van der Waals surface area contributed by atoms with Gasteiger partial charge in [0.15, 0.2) is 0 Å². The van der Waals surface area contributed by atoms with Crippen LogP contribution in [0.25, 0.3) is 0 Å². The lowest BCUT2D eigenvalue weighted by atomic mass is 9.88. The van der Waals surface area contributed by atoms with E-state index in [-0.39, 0.29) is 11.8 Å². The summed E-state index contributed by atoms with van der Waals surface area (Å²) in [6.07, 6.45) is 3.63. The third kappa shape index (κ3) is 3.61. The van der Waals surface area contributed by atoms with Crippen molar-refractivity contribution < 1.29 is 9.59 Å². The number of hydrogen-bond donors (Lipinski definition) is 0. The molecule has 0 radical (unpaired) electrons. The number of rotatable bonds is 3. The molecule has 27 heavy (non-hydrogen) atoms. The van der Waals surface area contributed by atoms with E-state index in [1.807, 2.05) is 29.2 Å². The minimum absolute atomic E-state index is 0.0711. The Hall–Kier alpha value is -2.62. The standard InChI is InChI=1S/C23H26N2O2/c1-17-7-2-3-11-21(17)19-9-5-13-24(16-19)23(27)18-8-4-10-20(15-18)25-14-6-12-22(25)26/h2-4,7-8,10-11,15,19H,5-6,9,12-14,16H2,1H3/t19-/m1/s1. The molecule has 2 heterocycles. The molecule has 140 valence electrons. The summed E-state index contributed by atoms with van der Waals surface area (Å²) in [5.74, 6) is 0.617. The second-order valence-corrected chi connectivity index (χ2v) is 7.65. The maximum atomic E-state index is 13.1. The molecule has 0 N–H and O–H groups in total. The van der Waals surface area contributed by atoms with Gasteiger partial charge in [-0.2, -0.15) is 0 Å². The molecule has 4 heteroatoms. The van der Waals surface area contributed by atoms with Crippen LogP contribution in [0.2, 0.25) is 0 Å². The zero-order chi connectivity index (χ0) is 18.8. The molecule has 2 aliphatic rings. The van der Waals surface area contributed by atoms with Gasteiger partial charge in [-0.05, 0) is 55.5 Å². The Labute approximate surface area is 160 Å². The number of nitrogens with zero attached hydrogens (tertiary/aromatic N) is 2. The van der Waals surface area contributed by atoms with Crippen LogP contribution in [-0.2, 0) is 4.79 Å². The van der Waals surface area contributed by atoms with Crippen molar-refractivity contribution in [3.8, 4) is 0 Å². The Morgan fingerprint density at radius 1 is 1.04 bits per heavy atom. The van der Waals surface area contributed by atoms with Gasteiger partial charge in [0.1, 0.15) is 0 Å². The summed E-state index contributed by atoms with van der Waals surface area (Å²) in [5.41, 5.74) is 4.17. The topological polar surface area (TPSA) is 40.6 Å². The minimum atomic E-state index is 0.0711. The van der Waals surface area contributed by atoms with Crippen molar-refractivity contribution in [1.82, 2.24) is 4.90 Å². The highest BCUT2D eigenvalue weighted by molar-refractivity contribution is 5.99. The van der Waals surface area contributed by atoms with Crippen LogP contribution < -0.4 is 4.90 Å². The first kappa shape index (κ1) is 17.8. The highest BCUT2D eigenvalue weighted by Gasteiger charge is 2.27. The van der Waals surface area contributed by atoms with E-state index >= 15 is 0 Å². The van der Waals surface area contributed by atoms with E-state index in [4.69, 9.17) is 0 Å². The Kier molecular flexibility index (Phi) is 4.97. The maximum Gasteiger partial charge on any atom is 0.253 e. The fourth-order valence-electron chi connectivity index (χ4n) is 4.37. The lowest BCUT2D eigenvalue weighted by molar-refractivity contribution is -0.117. The molecular formula is C23H26N2O2. The van der Waals surface area contributed by atoms with Crippen LogP contribution in [0.4, 0.5) is 5.69 Å². The lowest BCUT2D eigenvalue weighted by Crippen LogP contribution is -2.39. The molecule has 4 nitrogen and oxygen atoms in total. The first-order valence-electron chi connectivity index (χ1n) is 9.89. The van der Waals surface area contributed by atoms with Gasteiger partial charge in [-0.25, -0.2) is 0 Å². The van der Waals surface area contributed by atoms with Gasteiger partial charge < -0.3 is 9.80 Å². The molecule has 1 atom stereocenters. The Balaban J connectivity index is 1.52. The summed E-state index contributed by atoms with van der Waals surface area (Å²) in [6, 6.07) is 16.0. The zero-order valence-electron chi connectivity index (χ0n) is 15.9. The average Bonchev–Trinajstić information content (AvgIpc) is 3.14. The molecule has 2 amide bonds. The minimum Gasteiger partial charge on any atom is -0.338 e. The molecule has 2 saturated heterocycles. The summed E-state index contributed by atoms with van der Waals surface area (Å²) in [5, 5.41) is 0. The van der Waals surface area contributed by atoms with Gasteiger partial charge in [-0.1, -0.05) is 30.3 Å². The number of carbonyl (C=O) groups is 2. The molecule has 2 aromatic rings. The Morgan fingerprint density at radius 3 is 2.67 bits per heavy atom. The van der Waals surface area contributed by atoms with E-state index in [2.05, 4.69) is 31.2 Å². The summed E-state index contributed by atoms with van der Waals surface area (Å²) < 4.78 is 0. The van der Waals surface area contributed by atoms with E-state index in [0.717, 1.165) is 44.6 Å². The van der Waals surface area contributed by atoms with Gasteiger partial charge in [-0.15, -0.1) is 0 Å². The molecule has 2 aliphatic heterocycles. The van der Waals surface area contributed by atoms with Crippen LogP contribution in [0, 0.1) is 6.92 Å². The first-order valence-corrected chi connectivity index (χ1v) is 9.89. The van der Waals surface area contributed by atoms with Gasteiger partial charge in [0.2, 0.25) is 5.91 Å². The first-order chi connectivity index (χ1) is 13.1. The summed E-state index contributed by atoms with van der Waals surface area (Å²) in [7, 11) is 0. The molecule has 0 spiro atoms. The number of piperidine rings is 1. The molecule has 4 rings (SSSR count). The van der Waals surface area contributed by atoms with Crippen molar-refractivity contribution in [1.29, 1.82) is 0 Å². The summed E-state index contributed by atoms with van der Waals surface area (Å²) in [4.78, 5) is 28.9. The quantitative estimate of drug-likeness (QED) is 0.823. The fourth-order valence-corrected chi connectivity index (χ4v) is 4.37. The van der Waals surface area contributed by atoms with Crippen LogP contribution in [0.3, 0.4) is 0 Å². The molecule has 0 bridgehead atoms. The number of likely N-dealkylation sites (tertiary alicyclic amines) is 1. The molecule has 0 aliphatic carbocycles. The highest BCUT2D eigenvalue weighted by atomic mass is 16.2. The van der Waals surface area contributed by atoms with E-state index < -0.39 is 0 Å². The Bertz CT molecular complexity index is 861. The van der Waals surface area contributed by atoms with Crippen LogP contribution in [0.1, 0.15) is 53.1 Å². The smallest absolute Gasteiger partial charge is 0.253 e. The predicted octanol–water partition coefficient (Wildman–Crippen LogP) is 4.14. The number of anilines is 1. The molecule has 2 aromatic carbocycles. The van der Waals surface area contributed by atoms with Crippen molar-refractivity contribution in [3.63, 3.8) is 0 Å². The molecule has 0 saturated carbocycles. The zero-order valence-corrected chi connectivity index (χ0v) is 15.9. The number of hydrogen-bond acceptors (Lipinski definition) is 2. The van der Waals surface area contributed by atoms with Gasteiger partial charge in [0.05, 0.1) is 0 Å². The van der Waals surface area contributed by atoms with E-state index in [9.17, 15) is 9.59 Å². The fraction of sp³-hybridized carbons (Fsp3) is 0.391. The molecule has 0 aromatic heterocycles. The lowest BCUT2D eigenvalue weighted by Gasteiger charge is -2.34. The van der Waals surface area contributed by atoms with Crippen LogP contribution in [0.5, 0.6) is 0 Å². The van der Waals surface area contributed by atoms with Crippen molar-refractivity contribution >= 4 is 17.5 Å². The maximum absolute atomic E-state index is 13.1. The summed E-state index contributed by atoms with van der Waals surface area (Å²) in [6.45, 7) is 4.45. The highest BCUT2D eigenvalue weighted by Crippen LogP contribution is 2.30. The summed E-state index contributed by atoms with van der Waals surface area (Å²) >= 11 is 0. The van der Waals surface area contributed by atoms with Crippen molar-refractivity contribution in [3.05, 3.63) is 65.2 Å². The molecule has 0 unspecified atom stereocenters. The number of aryl methyl sites for hydroxylation is 1. The van der Waals surface area contributed by atoms with Crippen LogP contribution >= 0.6 is 0 Å². The van der Waals surface area contributed by atoms with Crippen molar-refractivity contribution in [2.24, 2.45) is 0 Å². The number of benzene rings is 2. The second kappa shape index (κ2) is 7.55. The normalized spacial score (nSPS) is 20.2. The van der Waals surface area contributed by atoms with E-state index in [0.29, 0.717) is 17.9 Å². The average molecular weight is 362 g/mol. The molecular weight excluding hydrogens is 336 g/mol. The Morgan fingerprint density at radius 2 is 1.89 bits per heavy atom. The predicted molar refractivity (Wildman–Crippen MR) is 107 cm³/mol. The van der Waals surface area contributed by atoms with Crippen LogP contribution in [-0.4, -0.2) is 36.3 Å². The van der Waals surface area contributed by atoms with Crippen molar-refractivity contribution in [2.45, 2.75) is 38.5 Å². The SMILES string of the molecule is Cc1ccccc1[C@@H]1CCCN(C(=O)c2cccc(N3CCCC3=O)c2)C1. The third-order valence-electron chi connectivity index (χ3n) is 5.82. The van der Waals surface area contributed by atoms with E-state index in [1.54, 1.807) is 4.90 Å². The molecule has 2 fully saturated rings. The van der Waals surface area contributed by atoms with Gasteiger partial charge in [0.25, 0.3) is 5.91 Å². The third-order valence-corrected chi connectivity index (χ3v) is 5.82. The van der Waals surface area contributed by atoms with Gasteiger partial charge >= 0.3 is 0 Å². The largest absolute Gasteiger partial charge is 0.338 e. The van der Waals surface area contributed by atoms with Gasteiger partial charge in [0, 0.05) is 43.2 Å². The van der Waals surface area contributed by atoms with Crippen molar-refractivity contribution in [2.75, 3.05) is 24.5 Å². The van der Waals surface area contributed by atoms with Crippen LogP contribution in [0.15, 0.2) is 48.5 Å². The second-order valence-electron chi connectivity index (χ2n) is 7.65. The number of carbonyl (C=O) groups excluding carboxylic acids is 2. The van der Waals surface area contributed by atoms with Gasteiger partial charge in [-0.3, -0.25) is 9.59 Å².